The quantitative estimate of drug-likeness (QED) is 0.543. The molecule has 1 N–H and O–H groups in total. The monoisotopic (exact) mass is 334 g/mol. The van der Waals surface area contributed by atoms with E-state index in [0.717, 1.165) is 30.2 Å². The fourth-order valence-electron chi connectivity index (χ4n) is 3.93. The molecule has 0 aromatic heterocycles. The molecule has 1 aromatic rings. The number of hydrogen-bond donors (Lipinski definition) is 1. The highest BCUT2D eigenvalue weighted by atomic mass is 19.1. The summed E-state index contributed by atoms with van der Waals surface area (Å²) in [5, 5.41) is 8.87. The predicted octanol–water partition coefficient (Wildman–Crippen LogP) is 6.23. The largest absolute Gasteiger partial charge is 0.478 e. The number of aryl methyl sites for hydroxylation is 1. The molecule has 0 radical (unpaired) electrons. The molecule has 3 heteroatoms. The van der Waals surface area contributed by atoms with Crippen molar-refractivity contribution in [2.24, 2.45) is 11.8 Å². The third-order valence-electron chi connectivity index (χ3n) is 5.54. The van der Waals surface area contributed by atoms with E-state index in [1.165, 1.54) is 69.9 Å². The van der Waals surface area contributed by atoms with Crippen molar-refractivity contribution >= 4 is 5.97 Å². The van der Waals surface area contributed by atoms with Crippen LogP contribution >= 0.6 is 0 Å². The van der Waals surface area contributed by atoms with Gasteiger partial charge in [0.25, 0.3) is 0 Å². The van der Waals surface area contributed by atoms with E-state index in [2.05, 4.69) is 6.92 Å². The first-order valence-corrected chi connectivity index (χ1v) is 9.61. The molecule has 0 amide bonds. The zero-order valence-corrected chi connectivity index (χ0v) is 14.9. The lowest BCUT2D eigenvalue weighted by atomic mass is 9.77. The summed E-state index contributed by atoms with van der Waals surface area (Å²) in [6.45, 7) is 2.26. The van der Waals surface area contributed by atoms with E-state index >= 15 is 0 Å². The number of carboxylic acids is 1. The van der Waals surface area contributed by atoms with Crippen molar-refractivity contribution in [3.8, 4) is 0 Å². The molecule has 0 atom stereocenters. The molecule has 1 saturated carbocycles. The van der Waals surface area contributed by atoms with Gasteiger partial charge in [-0.15, -0.1) is 0 Å². The number of aromatic carboxylic acids is 1. The number of hydrogen-bond acceptors (Lipinski definition) is 1. The van der Waals surface area contributed by atoms with Gasteiger partial charge in [-0.3, -0.25) is 0 Å². The fraction of sp³-hybridized carbons (Fsp3) is 0.667. The summed E-state index contributed by atoms with van der Waals surface area (Å²) < 4.78 is 13.7. The molecule has 0 spiro atoms. The van der Waals surface area contributed by atoms with E-state index in [9.17, 15) is 9.18 Å². The van der Waals surface area contributed by atoms with E-state index < -0.39 is 11.8 Å². The van der Waals surface area contributed by atoms with Crippen molar-refractivity contribution in [1.82, 2.24) is 0 Å². The van der Waals surface area contributed by atoms with Crippen LogP contribution in [0.3, 0.4) is 0 Å². The van der Waals surface area contributed by atoms with Crippen molar-refractivity contribution in [2.45, 2.75) is 77.6 Å². The van der Waals surface area contributed by atoms with Crippen LogP contribution in [0.4, 0.5) is 4.39 Å². The summed E-state index contributed by atoms with van der Waals surface area (Å²) in [4.78, 5) is 10.8. The number of benzene rings is 1. The molecule has 0 heterocycles. The minimum absolute atomic E-state index is 0.234. The van der Waals surface area contributed by atoms with Gasteiger partial charge >= 0.3 is 5.97 Å². The zero-order valence-electron chi connectivity index (χ0n) is 14.9. The maximum absolute atomic E-state index is 13.7. The van der Waals surface area contributed by atoms with E-state index in [-0.39, 0.29) is 5.56 Å². The number of rotatable bonds is 9. The molecule has 0 aliphatic heterocycles. The van der Waals surface area contributed by atoms with E-state index in [1.807, 2.05) is 0 Å². The Morgan fingerprint density at radius 2 is 1.75 bits per heavy atom. The minimum Gasteiger partial charge on any atom is -0.478 e. The molecular formula is C21H31FO2. The standard InChI is InChI=1S/C21H31FO2/c1-2-3-4-5-6-16-7-9-17(10-8-16)11-12-18-13-14-19(21(23)24)20(22)15-18/h13-17H,2-12H2,1H3,(H,23,24)/t16-,17-. The molecule has 0 unspecified atom stereocenters. The first-order chi connectivity index (χ1) is 11.6. The normalized spacial score (nSPS) is 20.9. The van der Waals surface area contributed by atoms with Crippen LogP contribution in [0.25, 0.3) is 0 Å². The van der Waals surface area contributed by atoms with Gasteiger partial charge in [-0.2, -0.15) is 0 Å². The van der Waals surface area contributed by atoms with Gasteiger partial charge < -0.3 is 5.11 Å². The Kier molecular flexibility index (Phi) is 7.74. The van der Waals surface area contributed by atoms with Gasteiger partial charge in [0.2, 0.25) is 0 Å². The maximum Gasteiger partial charge on any atom is 0.338 e. The van der Waals surface area contributed by atoms with Crippen molar-refractivity contribution < 1.29 is 14.3 Å². The highest BCUT2D eigenvalue weighted by Gasteiger charge is 2.21. The molecule has 0 bridgehead atoms. The molecule has 134 valence electrons. The van der Waals surface area contributed by atoms with Crippen LogP contribution in [0.5, 0.6) is 0 Å². The van der Waals surface area contributed by atoms with Gasteiger partial charge in [0.1, 0.15) is 5.82 Å². The number of carboxylic acid groups (broad SMARTS) is 1. The topological polar surface area (TPSA) is 37.3 Å². The number of carbonyl (C=O) groups is 1. The Labute approximate surface area is 145 Å². The molecule has 1 aliphatic rings. The van der Waals surface area contributed by atoms with Crippen molar-refractivity contribution in [2.75, 3.05) is 0 Å². The first-order valence-electron chi connectivity index (χ1n) is 9.61. The Balaban J connectivity index is 1.69. The minimum atomic E-state index is -1.20. The highest BCUT2D eigenvalue weighted by molar-refractivity contribution is 5.87. The van der Waals surface area contributed by atoms with E-state index in [4.69, 9.17) is 5.11 Å². The van der Waals surface area contributed by atoms with Crippen molar-refractivity contribution in [3.63, 3.8) is 0 Å². The molecule has 1 aliphatic carbocycles. The van der Waals surface area contributed by atoms with Crippen LogP contribution in [-0.4, -0.2) is 11.1 Å². The average Bonchev–Trinajstić information content (AvgIpc) is 2.57. The highest BCUT2D eigenvalue weighted by Crippen LogP contribution is 2.34. The van der Waals surface area contributed by atoms with Crippen LogP contribution in [0, 0.1) is 17.7 Å². The molecule has 1 fully saturated rings. The van der Waals surface area contributed by atoms with Crippen molar-refractivity contribution in [1.29, 1.82) is 0 Å². The molecule has 2 nitrogen and oxygen atoms in total. The lowest BCUT2D eigenvalue weighted by Gasteiger charge is -2.28. The Morgan fingerprint density at radius 1 is 1.08 bits per heavy atom. The van der Waals surface area contributed by atoms with Crippen LogP contribution in [0.15, 0.2) is 18.2 Å². The lowest BCUT2D eigenvalue weighted by Crippen LogP contribution is -2.15. The molecular weight excluding hydrogens is 303 g/mol. The van der Waals surface area contributed by atoms with Crippen LogP contribution < -0.4 is 0 Å². The first kappa shape index (κ1) is 19.0. The second-order valence-electron chi connectivity index (χ2n) is 7.39. The maximum atomic E-state index is 13.7. The van der Waals surface area contributed by atoms with E-state index in [0.29, 0.717) is 0 Å². The smallest absolute Gasteiger partial charge is 0.338 e. The van der Waals surface area contributed by atoms with Gasteiger partial charge in [0.15, 0.2) is 0 Å². The molecule has 24 heavy (non-hydrogen) atoms. The summed E-state index contributed by atoms with van der Waals surface area (Å²) in [6, 6.07) is 4.54. The van der Waals surface area contributed by atoms with E-state index in [1.54, 1.807) is 6.07 Å². The third-order valence-corrected chi connectivity index (χ3v) is 5.54. The van der Waals surface area contributed by atoms with Crippen LogP contribution in [-0.2, 0) is 6.42 Å². The summed E-state index contributed by atoms with van der Waals surface area (Å²) in [5.41, 5.74) is 0.682. The van der Waals surface area contributed by atoms with Crippen LogP contribution in [0.1, 0.15) is 87.1 Å². The second-order valence-corrected chi connectivity index (χ2v) is 7.39. The molecule has 2 rings (SSSR count). The average molecular weight is 334 g/mol. The van der Waals surface area contributed by atoms with Gasteiger partial charge in [-0.1, -0.05) is 70.8 Å². The zero-order chi connectivity index (χ0) is 17.4. The molecule has 1 aromatic carbocycles. The van der Waals surface area contributed by atoms with Gasteiger partial charge in [0.05, 0.1) is 5.56 Å². The third kappa shape index (κ3) is 5.92. The van der Waals surface area contributed by atoms with Crippen LogP contribution in [0.2, 0.25) is 0 Å². The Bertz CT molecular complexity index is 519. The number of unbranched alkanes of at least 4 members (excludes halogenated alkanes) is 3. The van der Waals surface area contributed by atoms with Gasteiger partial charge in [-0.05, 0) is 42.4 Å². The summed E-state index contributed by atoms with van der Waals surface area (Å²) in [5.74, 6) is -0.142. The summed E-state index contributed by atoms with van der Waals surface area (Å²) in [6.07, 6.45) is 14.1. The van der Waals surface area contributed by atoms with Crippen molar-refractivity contribution in [3.05, 3.63) is 35.1 Å². The molecule has 0 saturated heterocycles. The Hall–Kier alpha value is -1.38. The summed E-state index contributed by atoms with van der Waals surface area (Å²) >= 11 is 0. The number of halogens is 1. The SMILES string of the molecule is CCCCCC[C@H]1CC[C@H](CCc2ccc(C(=O)O)c(F)c2)CC1. The fourth-order valence-corrected chi connectivity index (χ4v) is 3.93. The second kappa shape index (κ2) is 9.80. The van der Waals surface area contributed by atoms with Gasteiger partial charge in [0, 0.05) is 0 Å². The predicted molar refractivity (Wildman–Crippen MR) is 95.9 cm³/mol. The lowest BCUT2D eigenvalue weighted by molar-refractivity contribution is 0.0692. The van der Waals surface area contributed by atoms with Gasteiger partial charge in [-0.25, -0.2) is 9.18 Å². The summed E-state index contributed by atoms with van der Waals surface area (Å²) in [7, 11) is 0. The Morgan fingerprint density at radius 3 is 2.33 bits per heavy atom.